The van der Waals surface area contributed by atoms with Crippen LogP contribution in [-0.2, 0) is 14.6 Å². The molecule has 2 fully saturated rings. The van der Waals surface area contributed by atoms with E-state index in [9.17, 15) is 13.2 Å². The van der Waals surface area contributed by atoms with Gasteiger partial charge in [0.25, 0.3) is 0 Å². The van der Waals surface area contributed by atoms with Crippen LogP contribution >= 0.6 is 11.8 Å². The number of carbonyl (C=O) groups excluding carboxylic acids is 1. The third-order valence-electron chi connectivity index (χ3n) is 3.48. The molecule has 0 aromatic heterocycles. The van der Waals surface area contributed by atoms with Crippen LogP contribution in [0.1, 0.15) is 26.2 Å². The van der Waals surface area contributed by atoms with Crippen molar-refractivity contribution in [1.82, 2.24) is 4.90 Å². The van der Waals surface area contributed by atoms with Crippen molar-refractivity contribution in [2.45, 2.75) is 37.5 Å². The fourth-order valence-corrected chi connectivity index (χ4v) is 5.53. The number of hydrogen-bond donors (Lipinski definition) is 0. The third-order valence-corrected chi connectivity index (χ3v) is 6.59. The van der Waals surface area contributed by atoms with Gasteiger partial charge in [-0.15, -0.1) is 11.8 Å². The zero-order valence-corrected chi connectivity index (χ0v) is 11.7. The molecule has 1 amide bonds. The molecular formula is C11H19NO3S2. The van der Waals surface area contributed by atoms with Crippen LogP contribution in [0.25, 0.3) is 0 Å². The van der Waals surface area contributed by atoms with E-state index < -0.39 is 9.84 Å². The summed E-state index contributed by atoms with van der Waals surface area (Å²) in [5.74, 6) is 1.59. The van der Waals surface area contributed by atoms with Crippen LogP contribution in [0.5, 0.6) is 0 Å². The first kappa shape index (κ1) is 13.2. The molecule has 0 N–H and O–H groups in total. The Morgan fingerprint density at radius 1 is 1.41 bits per heavy atom. The molecule has 2 unspecified atom stereocenters. The summed E-state index contributed by atoms with van der Waals surface area (Å²) in [5.41, 5.74) is 0. The lowest BCUT2D eigenvalue weighted by atomic mass is 10.1. The highest BCUT2D eigenvalue weighted by Crippen LogP contribution is 2.29. The summed E-state index contributed by atoms with van der Waals surface area (Å²) in [6, 6.07) is -0.0845. The molecule has 0 bridgehead atoms. The molecule has 0 aliphatic carbocycles. The average molecular weight is 277 g/mol. The van der Waals surface area contributed by atoms with Crippen LogP contribution in [0.15, 0.2) is 0 Å². The Morgan fingerprint density at radius 2 is 2.18 bits per heavy atom. The minimum absolute atomic E-state index is 0.0678. The summed E-state index contributed by atoms with van der Waals surface area (Å²) in [6.45, 7) is 2.55. The second kappa shape index (κ2) is 5.18. The van der Waals surface area contributed by atoms with Gasteiger partial charge in [-0.2, -0.15) is 0 Å². The zero-order chi connectivity index (χ0) is 12.5. The van der Waals surface area contributed by atoms with Crippen molar-refractivity contribution in [3.8, 4) is 0 Å². The molecule has 98 valence electrons. The first-order chi connectivity index (χ1) is 8.03. The molecule has 2 aliphatic rings. The number of nitrogens with zero attached hydrogens (tertiary/aromatic N) is 1. The van der Waals surface area contributed by atoms with Crippen molar-refractivity contribution < 1.29 is 13.2 Å². The van der Waals surface area contributed by atoms with Gasteiger partial charge in [0.1, 0.15) is 0 Å². The predicted octanol–water partition coefficient (Wildman–Crippen LogP) is 0.918. The van der Waals surface area contributed by atoms with Crippen molar-refractivity contribution in [2.24, 2.45) is 0 Å². The normalized spacial score (nSPS) is 31.6. The highest BCUT2D eigenvalue weighted by molar-refractivity contribution is 8.00. The maximum atomic E-state index is 12.3. The van der Waals surface area contributed by atoms with Crippen LogP contribution in [-0.4, -0.2) is 54.3 Å². The van der Waals surface area contributed by atoms with E-state index in [2.05, 4.69) is 0 Å². The lowest BCUT2D eigenvalue weighted by molar-refractivity contribution is -0.132. The number of amides is 1. The van der Waals surface area contributed by atoms with E-state index in [1.165, 1.54) is 0 Å². The van der Waals surface area contributed by atoms with Crippen LogP contribution in [0.3, 0.4) is 0 Å². The molecule has 2 rings (SSSR count). The third kappa shape index (κ3) is 2.96. The van der Waals surface area contributed by atoms with Crippen LogP contribution in [0.2, 0.25) is 0 Å². The number of thioether (sulfide) groups is 1. The molecule has 17 heavy (non-hydrogen) atoms. The van der Waals surface area contributed by atoms with E-state index in [0.29, 0.717) is 13.0 Å². The SMILES string of the molecule is CCN(C(=O)C1CCCS1)C1CCS(=O)(=O)C1. The summed E-state index contributed by atoms with van der Waals surface area (Å²) in [6.07, 6.45) is 2.65. The van der Waals surface area contributed by atoms with Crippen LogP contribution in [0.4, 0.5) is 0 Å². The van der Waals surface area contributed by atoms with E-state index >= 15 is 0 Å². The Balaban J connectivity index is 2.03. The number of carbonyl (C=O) groups is 1. The highest BCUT2D eigenvalue weighted by atomic mass is 32.2. The number of rotatable bonds is 3. The molecule has 6 heteroatoms. The molecule has 2 aliphatic heterocycles. The minimum Gasteiger partial charge on any atom is -0.338 e. The summed E-state index contributed by atoms with van der Waals surface area (Å²) in [7, 11) is -2.91. The second-order valence-corrected chi connectivity index (χ2v) is 8.22. The monoisotopic (exact) mass is 277 g/mol. The van der Waals surface area contributed by atoms with E-state index in [1.807, 2.05) is 6.92 Å². The van der Waals surface area contributed by atoms with Crippen LogP contribution in [0, 0.1) is 0 Å². The molecule has 0 saturated carbocycles. The fraction of sp³-hybridized carbons (Fsp3) is 0.909. The van der Waals surface area contributed by atoms with Gasteiger partial charge in [-0.3, -0.25) is 4.79 Å². The maximum Gasteiger partial charge on any atom is 0.235 e. The van der Waals surface area contributed by atoms with Gasteiger partial charge in [-0.05, 0) is 31.9 Å². The molecule has 0 spiro atoms. The van der Waals surface area contributed by atoms with E-state index in [4.69, 9.17) is 0 Å². The Labute approximate surface area is 107 Å². The molecule has 0 aromatic rings. The van der Waals surface area contributed by atoms with Crippen molar-refractivity contribution in [1.29, 1.82) is 0 Å². The number of hydrogen-bond acceptors (Lipinski definition) is 4. The van der Waals surface area contributed by atoms with Gasteiger partial charge in [-0.25, -0.2) is 8.42 Å². The highest BCUT2D eigenvalue weighted by Gasteiger charge is 2.36. The molecule has 0 aromatic carbocycles. The molecule has 2 saturated heterocycles. The second-order valence-electron chi connectivity index (χ2n) is 4.68. The lowest BCUT2D eigenvalue weighted by Crippen LogP contribution is -2.44. The molecule has 2 atom stereocenters. The summed E-state index contributed by atoms with van der Waals surface area (Å²) < 4.78 is 22.9. The average Bonchev–Trinajstić information content (AvgIpc) is 2.88. The smallest absolute Gasteiger partial charge is 0.235 e. The maximum absolute atomic E-state index is 12.3. The minimum atomic E-state index is -2.91. The number of sulfone groups is 1. The van der Waals surface area contributed by atoms with Crippen LogP contribution < -0.4 is 0 Å². The van der Waals surface area contributed by atoms with Crippen molar-refractivity contribution in [3.63, 3.8) is 0 Å². The van der Waals surface area contributed by atoms with E-state index in [-0.39, 0.29) is 28.7 Å². The largest absolute Gasteiger partial charge is 0.338 e. The molecule has 4 nitrogen and oxygen atoms in total. The van der Waals surface area contributed by atoms with Gasteiger partial charge < -0.3 is 4.90 Å². The fourth-order valence-electron chi connectivity index (χ4n) is 2.57. The summed E-state index contributed by atoms with van der Waals surface area (Å²) >= 11 is 1.71. The van der Waals surface area contributed by atoms with Gasteiger partial charge in [0, 0.05) is 12.6 Å². The first-order valence-electron chi connectivity index (χ1n) is 6.16. The van der Waals surface area contributed by atoms with Gasteiger partial charge >= 0.3 is 0 Å². The first-order valence-corrected chi connectivity index (χ1v) is 9.03. The van der Waals surface area contributed by atoms with Crippen molar-refractivity contribution >= 4 is 27.5 Å². The Morgan fingerprint density at radius 3 is 2.65 bits per heavy atom. The Hall–Kier alpha value is -0.230. The van der Waals surface area contributed by atoms with Gasteiger partial charge in [0.15, 0.2) is 9.84 Å². The van der Waals surface area contributed by atoms with E-state index in [0.717, 1.165) is 18.6 Å². The van der Waals surface area contributed by atoms with Gasteiger partial charge in [0.2, 0.25) is 5.91 Å². The summed E-state index contributed by atoms with van der Waals surface area (Å²) in [5, 5.41) is 0.0678. The standard InChI is InChI=1S/C11H19NO3S2/c1-2-12(9-5-7-17(14,15)8-9)11(13)10-4-3-6-16-10/h9-10H,2-8H2,1H3. The topological polar surface area (TPSA) is 54.5 Å². The van der Waals surface area contributed by atoms with Gasteiger partial charge in [0.05, 0.1) is 16.8 Å². The lowest BCUT2D eigenvalue weighted by Gasteiger charge is -2.29. The van der Waals surface area contributed by atoms with Crippen molar-refractivity contribution in [3.05, 3.63) is 0 Å². The van der Waals surface area contributed by atoms with E-state index in [1.54, 1.807) is 16.7 Å². The Bertz CT molecular complexity index is 388. The van der Waals surface area contributed by atoms with Crippen molar-refractivity contribution in [2.75, 3.05) is 23.8 Å². The molecule has 2 heterocycles. The molecular weight excluding hydrogens is 258 g/mol. The predicted molar refractivity (Wildman–Crippen MR) is 69.9 cm³/mol. The quantitative estimate of drug-likeness (QED) is 0.770. The molecule has 0 radical (unpaired) electrons. The Kier molecular flexibility index (Phi) is 4.02. The summed E-state index contributed by atoms with van der Waals surface area (Å²) in [4.78, 5) is 14.1. The zero-order valence-electron chi connectivity index (χ0n) is 10.1. The van der Waals surface area contributed by atoms with Gasteiger partial charge in [-0.1, -0.05) is 0 Å².